The number of aliphatic carboxylic acids is 1. The van der Waals surface area contributed by atoms with Crippen LogP contribution in [0, 0.1) is 0 Å². The first-order chi connectivity index (χ1) is 8.40. The van der Waals surface area contributed by atoms with Crippen LogP contribution in [0.15, 0.2) is 0 Å². The molecule has 0 aromatic heterocycles. The number of carbonyl (C=O) groups excluding carboxylic acids is 1. The summed E-state index contributed by atoms with van der Waals surface area (Å²) in [6, 6.07) is -0.255. The Labute approximate surface area is 106 Å². The normalized spacial score (nSPS) is 25.6. The highest BCUT2D eigenvalue weighted by atomic mass is 16.5. The summed E-state index contributed by atoms with van der Waals surface area (Å²) in [5.74, 6) is -1.28. The van der Waals surface area contributed by atoms with E-state index in [1.54, 1.807) is 4.90 Å². The number of carboxylic acids is 1. The van der Waals surface area contributed by atoms with Gasteiger partial charge in [0.2, 0.25) is 0 Å². The Bertz CT molecular complexity index is 300. The topological polar surface area (TPSA) is 99.1 Å². The first-order valence-corrected chi connectivity index (χ1v) is 5.99. The molecule has 0 bridgehead atoms. The number of amides is 2. The molecule has 7 heteroatoms. The van der Waals surface area contributed by atoms with Crippen molar-refractivity contribution in [2.45, 2.75) is 38.6 Å². The van der Waals surface area contributed by atoms with E-state index in [0.29, 0.717) is 13.1 Å². The molecule has 1 fully saturated rings. The smallest absolute Gasteiger partial charge is 0.332 e. The van der Waals surface area contributed by atoms with Gasteiger partial charge in [0.05, 0.1) is 12.2 Å². The Morgan fingerprint density at radius 3 is 2.44 bits per heavy atom. The van der Waals surface area contributed by atoms with E-state index in [9.17, 15) is 9.59 Å². The molecule has 0 spiro atoms. The molecule has 18 heavy (non-hydrogen) atoms. The fourth-order valence-electron chi connectivity index (χ4n) is 1.89. The molecule has 0 saturated carbocycles. The minimum absolute atomic E-state index is 0.00345. The third-order valence-electron chi connectivity index (χ3n) is 2.69. The van der Waals surface area contributed by atoms with Gasteiger partial charge in [0.25, 0.3) is 0 Å². The molecule has 1 aliphatic heterocycles. The maximum Gasteiger partial charge on any atom is 0.332 e. The molecule has 104 valence electrons. The van der Waals surface area contributed by atoms with Crippen LogP contribution in [0.1, 0.15) is 20.3 Å². The summed E-state index contributed by atoms with van der Waals surface area (Å²) in [5.41, 5.74) is 0. The number of morpholine rings is 1. The van der Waals surface area contributed by atoms with E-state index in [1.165, 1.54) is 0 Å². The second-order valence-corrected chi connectivity index (χ2v) is 4.54. The van der Waals surface area contributed by atoms with Gasteiger partial charge in [-0.25, -0.2) is 9.59 Å². The Balaban J connectivity index is 2.30. The molecule has 0 radical (unpaired) electrons. The molecule has 3 atom stereocenters. The predicted octanol–water partition coefficient (Wildman–Crippen LogP) is -0.359. The number of aliphatic hydroxyl groups excluding tert-OH is 1. The fraction of sp³-hybridized carbons (Fsp3) is 0.818. The number of rotatable bonds is 4. The second-order valence-electron chi connectivity index (χ2n) is 4.54. The zero-order valence-corrected chi connectivity index (χ0v) is 10.6. The van der Waals surface area contributed by atoms with Crippen molar-refractivity contribution in [3.63, 3.8) is 0 Å². The van der Waals surface area contributed by atoms with Crippen molar-refractivity contribution >= 4 is 12.0 Å². The zero-order valence-electron chi connectivity index (χ0n) is 10.6. The van der Waals surface area contributed by atoms with Crippen LogP contribution in [0.25, 0.3) is 0 Å². The van der Waals surface area contributed by atoms with Gasteiger partial charge in [-0.3, -0.25) is 0 Å². The lowest BCUT2D eigenvalue weighted by atomic mass is 10.2. The van der Waals surface area contributed by atoms with Crippen LogP contribution in [-0.2, 0) is 9.53 Å². The van der Waals surface area contributed by atoms with Crippen LogP contribution in [0.5, 0.6) is 0 Å². The van der Waals surface area contributed by atoms with Gasteiger partial charge in [-0.15, -0.1) is 0 Å². The molecule has 1 unspecified atom stereocenters. The summed E-state index contributed by atoms with van der Waals surface area (Å²) in [4.78, 5) is 23.8. The molecule has 0 aromatic rings. The molecule has 3 N–H and O–H groups in total. The molecular formula is C11H20N2O5. The summed E-state index contributed by atoms with van der Waals surface area (Å²) < 4.78 is 5.50. The molecule has 1 aliphatic rings. The maximum atomic E-state index is 11.8. The molecule has 0 aromatic carbocycles. The van der Waals surface area contributed by atoms with Crippen LogP contribution < -0.4 is 5.32 Å². The highest BCUT2D eigenvalue weighted by molar-refractivity contribution is 5.75. The maximum absolute atomic E-state index is 11.8. The van der Waals surface area contributed by atoms with Gasteiger partial charge in [0.1, 0.15) is 0 Å². The molecule has 2 amide bonds. The first kappa shape index (κ1) is 14.7. The first-order valence-electron chi connectivity index (χ1n) is 5.99. The van der Waals surface area contributed by atoms with Crippen molar-refractivity contribution in [2.75, 3.05) is 19.6 Å². The van der Waals surface area contributed by atoms with E-state index in [4.69, 9.17) is 14.9 Å². The van der Waals surface area contributed by atoms with Crippen LogP contribution in [0.2, 0.25) is 0 Å². The molecule has 1 rings (SSSR count). The zero-order chi connectivity index (χ0) is 13.7. The number of aliphatic hydroxyl groups is 1. The molecule has 1 saturated heterocycles. The number of hydrogen-bond acceptors (Lipinski definition) is 4. The Kier molecular flexibility index (Phi) is 5.36. The third kappa shape index (κ3) is 4.50. The van der Waals surface area contributed by atoms with Gasteiger partial charge in [0.15, 0.2) is 6.10 Å². The Morgan fingerprint density at radius 1 is 1.39 bits per heavy atom. The van der Waals surface area contributed by atoms with Crippen molar-refractivity contribution in [3.8, 4) is 0 Å². The number of urea groups is 1. The van der Waals surface area contributed by atoms with Gasteiger partial charge >= 0.3 is 12.0 Å². The average Bonchev–Trinajstić information content (AvgIpc) is 2.27. The summed E-state index contributed by atoms with van der Waals surface area (Å²) in [6.07, 6.45) is -1.46. The third-order valence-corrected chi connectivity index (χ3v) is 2.69. The molecular weight excluding hydrogens is 240 g/mol. The average molecular weight is 260 g/mol. The predicted molar refractivity (Wildman–Crippen MR) is 63.2 cm³/mol. The van der Waals surface area contributed by atoms with Crippen LogP contribution in [0.3, 0.4) is 0 Å². The van der Waals surface area contributed by atoms with Crippen molar-refractivity contribution < 1.29 is 24.5 Å². The summed E-state index contributed by atoms with van der Waals surface area (Å²) >= 11 is 0. The van der Waals surface area contributed by atoms with Crippen molar-refractivity contribution in [1.82, 2.24) is 10.2 Å². The quantitative estimate of drug-likeness (QED) is 0.641. The van der Waals surface area contributed by atoms with Crippen LogP contribution in [0.4, 0.5) is 4.79 Å². The van der Waals surface area contributed by atoms with Crippen molar-refractivity contribution in [3.05, 3.63) is 0 Å². The Morgan fingerprint density at radius 2 is 1.94 bits per heavy atom. The van der Waals surface area contributed by atoms with E-state index < -0.39 is 12.1 Å². The lowest BCUT2D eigenvalue weighted by Gasteiger charge is -2.35. The van der Waals surface area contributed by atoms with E-state index >= 15 is 0 Å². The monoisotopic (exact) mass is 260 g/mol. The molecule has 0 aliphatic carbocycles. The van der Waals surface area contributed by atoms with E-state index in [2.05, 4.69) is 5.32 Å². The number of hydrogen-bond donors (Lipinski definition) is 3. The highest BCUT2D eigenvalue weighted by Crippen LogP contribution is 2.10. The summed E-state index contributed by atoms with van der Waals surface area (Å²) in [5, 5.41) is 20.1. The van der Waals surface area contributed by atoms with Crippen LogP contribution in [-0.4, -0.2) is 65.1 Å². The van der Waals surface area contributed by atoms with Gasteiger partial charge in [0, 0.05) is 26.1 Å². The van der Waals surface area contributed by atoms with Crippen LogP contribution >= 0.6 is 0 Å². The van der Waals surface area contributed by atoms with E-state index in [0.717, 1.165) is 0 Å². The number of carbonyl (C=O) groups is 2. The van der Waals surface area contributed by atoms with Crippen molar-refractivity contribution in [2.24, 2.45) is 0 Å². The minimum atomic E-state index is -1.44. The van der Waals surface area contributed by atoms with Gasteiger partial charge < -0.3 is 25.2 Å². The highest BCUT2D eigenvalue weighted by Gasteiger charge is 2.25. The summed E-state index contributed by atoms with van der Waals surface area (Å²) in [6.45, 7) is 4.94. The molecule has 7 nitrogen and oxygen atoms in total. The number of ether oxygens (including phenoxy) is 1. The Hall–Kier alpha value is -1.34. The molecule has 1 heterocycles. The largest absolute Gasteiger partial charge is 0.479 e. The number of nitrogens with zero attached hydrogens (tertiary/aromatic N) is 1. The van der Waals surface area contributed by atoms with Gasteiger partial charge in [-0.1, -0.05) is 0 Å². The van der Waals surface area contributed by atoms with E-state index in [1.807, 2.05) is 13.8 Å². The number of nitrogens with one attached hydrogen (secondary N) is 1. The fourth-order valence-corrected chi connectivity index (χ4v) is 1.89. The van der Waals surface area contributed by atoms with Crippen molar-refractivity contribution in [1.29, 1.82) is 0 Å². The number of carboxylic acid groups (broad SMARTS) is 1. The summed E-state index contributed by atoms with van der Waals surface area (Å²) in [7, 11) is 0. The van der Waals surface area contributed by atoms with Gasteiger partial charge in [-0.05, 0) is 13.8 Å². The SMILES string of the molecule is C[C@@H]1CN(C(=O)NCCC(O)C(=O)O)C[C@H](C)O1. The van der Waals surface area contributed by atoms with Gasteiger partial charge in [-0.2, -0.15) is 0 Å². The second kappa shape index (κ2) is 6.55. The lowest BCUT2D eigenvalue weighted by Crippen LogP contribution is -2.52. The lowest BCUT2D eigenvalue weighted by molar-refractivity contribution is -0.146. The standard InChI is InChI=1S/C11H20N2O5/c1-7-5-13(6-8(2)18-7)11(17)12-4-3-9(14)10(15)16/h7-9,14H,3-6H2,1-2H3,(H,12,17)(H,15,16)/t7-,8+,9?. The van der Waals surface area contributed by atoms with E-state index in [-0.39, 0.29) is 31.2 Å². The minimum Gasteiger partial charge on any atom is -0.479 e.